The van der Waals surface area contributed by atoms with Gasteiger partial charge in [0.1, 0.15) is 29.2 Å². The lowest BCUT2D eigenvalue weighted by atomic mass is 10.2. The molecule has 1 aliphatic rings. The smallest absolute Gasteiger partial charge is 0.271 e. The molecule has 3 heterocycles. The lowest BCUT2D eigenvalue weighted by Crippen LogP contribution is -2.43. The Morgan fingerprint density at radius 2 is 2.07 bits per heavy atom. The maximum Gasteiger partial charge on any atom is 0.271 e. The minimum absolute atomic E-state index is 0.134. The van der Waals surface area contributed by atoms with E-state index in [1.165, 1.54) is 17.4 Å². The Morgan fingerprint density at radius 3 is 2.93 bits per heavy atom. The van der Waals surface area contributed by atoms with E-state index in [0.717, 1.165) is 10.3 Å². The lowest BCUT2D eigenvalue weighted by molar-refractivity contribution is -0.0219. The minimum Gasteiger partial charge on any atom is -0.354 e. The van der Waals surface area contributed by atoms with Crippen LogP contribution in [-0.2, 0) is 24.4 Å². The zero-order valence-electron chi connectivity index (χ0n) is 14.3. The molecular weight excluding hydrogens is 365 g/mol. The number of benzene rings is 2. The molecule has 1 N–H and O–H groups in total. The maximum absolute atomic E-state index is 14.3. The average molecular weight is 381 g/mol. The molecule has 0 spiro atoms. The summed E-state index contributed by atoms with van der Waals surface area (Å²) in [5.41, 5.74) is 1.45. The van der Waals surface area contributed by atoms with Crippen molar-refractivity contribution < 1.29 is 9.13 Å². The molecule has 0 bridgehead atoms. The molecule has 0 fully saturated rings. The molecular formula is C20H16FN3O2S. The second-order valence-electron chi connectivity index (χ2n) is 6.50. The van der Waals surface area contributed by atoms with Crippen molar-refractivity contribution in [3.8, 4) is 0 Å². The highest BCUT2D eigenvalue weighted by atomic mass is 32.1. The molecule has 4 aromatic rings. The highest BCUT2D eigenvalue weighted by Gasteiger charge is 2.24. The van der Waals surface area contributed by atoms with Gasteiger partial charge in [0, 0.05) is 11.2 Å². The number of thiophene rings is 1. The van der Waals surface area contributed by atoms with Gasteiger partial charge in [-0.05, 0) is 17.7 Å². The molecule has 0 saturated carbocycles. The molecule has 136 valence electrons. The van der Waals surface area contributed by atoms with Crippen LogP contribution < -0.4 is 10.9 Å². The standard InChI is InChI=1S/C20H16FN3O2S/c21-13-7-4-8-14-17(13)18-19(27-14)20(25)24-10-16(26-11-15(24)23-18)22-9-12-5-2-1-3-6-12/h1-8,16,22H,9-11H2/t16-/m0/s1. The van der Waals surface area contributed by atoms with Crippen LogP contribution in [0.2, 0.25) is 0 Å². The van der Waals surface area contributed by atoms with Gasteiger partial charge in [0.05, 0.1) is 17.4 Å². The zero-order chi connectivity index (χ0) is 18.4. The van der Waals surface area contributed by atoms with Crippen molar-refractivity contribution in [1.29, 1.82) is 0 Å². The van der Waals surface area contributed by atoms with Crippen molar-refractivity contribution >= 4 is 31.6 Å². The van der Waals surface area contributed by atoms with Crippen LogP contribution >= 0.6 is 11.3 Å². The number of ether oxygens (including phenoxy) is 1. The minimum atomic E-state index is -0.352. The first-order valence-corrected chi connectivity index (χ1v) is 9.52. The van der Waals surface area contributed by atoms with Gasteiger partial charge in [-0.15, -0.1) is 11.3 Å². The van der Waals surface area contributed by atoms with Gasteiger partial charge in [0.25, 0.3) is 5.56 Å². The van der Waals surface area contributed by atoms with Crippen LogP contribution in [0.1, 0.15) is 11.4 Å². The van der Waals surface area contributed by atoms with E-state index in [1.807, 2.05) is 36.4 Å². The molecule has 2 aromatic heterocycles. The number of hydrogen-bond donors (Lipinski definition) is 1. The number of fused-ring (bicyclic) bond motifs is 4. The van der Waals surface area contributed by atoms with Crippen molar-refractivity contribution in [2.24, 2.45) is 0 Å². The second kappa shape index (κ2) is 6.53. The summed E-state index contributed by atoms with van der Waals surface area (Å²) in [5.74, 6) is 0.183. The number of halogens is 1. The predicted octanol–water partition coefficient (Wildman–Crippen LogP) is 3.40. The fourth-order valence-corrected chi connectivity index (χ4v) is 4.52. The SMILES string of the molecule is O=c1c2sc3cccc(F)c3c2nc2n1C[C@@H](NCc1ccccc1)OC2. The third-order valence-electron chi connectivity index (χ3n) is 4.77. The fourth-order valence-electron chi connectivity index (χ4n) is 3.42. The normalized spacial score (nSPS) is 16.7. The second-order valence-corrected chi connectivity index (χ2v) is 7.55. The summed E-state index contributed by atoms with van der Waals surface area (Å²) in [6.07, 6.45) is -0.277. The van der Waals surface area contributed by atoms with Crippen molar-refractivity contribution in [3.63, 3.8) is 0 Å². The zero-order valence-corrected chi connectivity index (χ0v) is 15.1. The molecule has 5 nitrogen and oxygen atoms in total. The Balaban J connectivity index is 1.49. The number of nitrogens with one attached hydrogen (secondary N) is 1. The van der Waals surface area contributed by atoms with Crippen LogP contribution in [0.5, 0.6) is 0 Å². The molecule has 0 aliphatic carbocycles. The molecule has 1 aliphatic heterocycles. The maximum atomic E-state index is 14.3. The van der Waals surface area contributed by atoms with E-state index in [-0.39, 0.29) is 24.2 Å². The van der Waals surface area contributed by atoms with Crippen molar-refractivity contribution in [3.05, 3.63) is 76.1 Å². The molecule has 2 aromatic carbocycles. The summed E-state index contributed by atoms with van der Waals surface area (Å²) >= 11 is 1.29. The van der Waals surface area contributed by atoms with Gasteiger partial charge >= 0.3 is 0 Å². The van der Waals surface area contributed by atoms with Crippen LogP contribution in [-0.4, -0.2) is 15.8 Å². The summed E-state index contributed by atoms with van der Waals surface area (Å²) in [4.78, 5) is 17.6. The van der Waals surface area contributed by atoms with E-state index in [4.69, 9.17) is 4.74 Å². The Hall–Kier alpha value is -2.61. The summed E-state index contributed by atoms with van der Waals surface area (Å²) < 4.78 is 22.9. The third kappa shape index (κ3) is 2.84. The van der Waals surface area contributed by atoms with Crippen molar-refractivity contribution in [1.82, 2.24) is 14.9 Å². The van der Waals surface area contributed by atoms with Gasteiger partial charge < -0.3 is 4.74 Å². The Labute approximate surface area is 158 Å². The first-order valence-electron chi connectivity index (χ1n) is 8.70. The van der Waals surface area contributed by atoms with Gasteiger partial charge in [-0.2, -0.15) is 0 Å². The molecule has 27 heavy (non-hydrogen) atoms. The topological polar surface area (TPSA) is 56.2 Å². The van der Waals surface area contributed by atoms with Crippen LogP contribution in [0.15, 0.2) is 53.3 Å². The number of rotatable bonds is 3. The van der Waals surface area contributed by atoms with Gasteiger partial charge in [-0.1, -0.05) is 36.4 Å². The van der Waals surface area contributed by atoms with Gasteiger partial charge in [-0.25, -0.2) is 9.37 Å². The van der Waals surface area contributed by atoms with Gasteiger partial charge in [0.2, 0.25) is 0 Å². The first-order chi connectivity index (χ1) is 13.2. The van der Waals surface area contributed by atoms with E-state index in [9.17, 15) is 9.18 Å². The summed E-state index contributed by atoms with van der Waals surface area (Å²) in [6, 6.07) is 14.9. The Bertz CT molecular complexity index is 1200. The van der Waals surface area contributed by atoms with Crippen molar-refractivity contribution in [2.75, 3.05) is 0 Å². The number of hydrogen-bond acceptors (Lipinski definition) is 5. The largest absolute Gasteiger partial charge is 0.354 e. The molecule has 7 heteroatoms. The first kappa shape index (κ1) is 16.6. The van der Waals surface area contributed by atoms with E-state index in [0.29, 0.717) is 34.5 Å². The van der Waals surface area contributed by atoms with Crippen molar-refractivity contribution in [2.45, 2.75) is 25.9 Å². The van der Waals surface area contributed by atoms with E-state index >= 15 is 0 Å². The molecule has 0 saturated heterocycles. The van der Waals surface area contributed by atoms with Crippen LogP contribution in [0.3, 0.4) is 0 Å². The summed E-state index contributed by atoms with van der Waals surface area (Å²) in [6.45, 7) is 1.24. The van der Waals surface area contributed by atoms with E-state index < -0.39 is 0 Å². The van der Waals surface area contributed by atoms with Gasteiger partial charge in [-0.3, -0.25) is 14.7 Å². The monoisotopic (exact) mass is 381 g/mol. The van der Waals surface area contributed by atoms with Crippen LogP contribution in [0.4, 0.5) is 4.39 Å². The number of aromatic nitrogens is 2. The Morgan fingerprint density at radius 1 is 1.22 bits per heavy atom. The average Bonchev–Trinajstić information content (AvgIpc) is 3.08. The number of nitrogens with zero attached hydrogens (tertiary/aromatic N) is 2. The van der Waals surface area contributed by atoms with E-state index in [2.05, 4.69) is 10.3 Å². The van der Waals surface area contributed by atoms with Gasteiger partial charge in [0.15, 0.2) is 0 Å². The van der Waals surface area contributed by atoms with Crippen LogP contribution in [0, 0.1) is 5.82 Å². The fraction of sp³-hybridized carbons (Fsp3) is 0.200. The molecule has 0 amide bonds. The predicted molar refractivity (Wildman–Crippen MR) is 103 cm³/mol. The molecule has 5 rings (SSSR count). The van der Waals surface area contributed by atoms with E-state index in [1.54, 1.807) is 10.6 Å². The quantitative estimate of drug-likeness (QED) is 0.591. The summed E-state index contributed by atoms with van der Waals surface area (Å²) in [5, 5.41) is 3.74. The molecule has 1 atom stereocenters. The molecule has 0 unspecified atom stereocenters. The van der Waals surface area contributed by atoms with Crippen LogP contribution in [0.25, 0.3) is 20.3 Å². The lowest BCUT2D eigenvalue weighted by Gasteiger charge is -2.26. The molecule has 0 radical (unpaired) electrons. The Kier molecular flexibility index (Phi) is 4.00. The highest BCUT2D eigenvalue weighted by Crippen LogP contribution is 2.32. The third-order valence-corrected chi connectivity index (χ3v) is 5.90. The highest BCUT2D eigenvalue weighted by molar-refractivity contribution is 7.25. The summed E-state index contributed by atoms with van der Waals surface area (Å²) in [7, 11) is 0.